The quantitative estimate of drug-likeness (QED) is 0.195. The molecule has 0 spiro atoms. The summed E-state index contributed by atoms with van der Waals surface area (Å²) in [6, 6.07) is 8.04. The molecule has 0 bridgehead atoms. The van der Waals surface area contributed by atoms with Crippen LogP contribution >= 0.6 is 0 Å². The fourth-order valence-corrected chi connectivity index (χ4v) is 5.62. The Morgan fingerprint density at radius 2 is 0.975 bits per heavy atom. The average molecular weight is 553 g/mol. The van der Waals surface area contributed by atoms with Crippen molar-refractivity contribution in [2.24, 2.45) is 11.5 Å². The van der Waals surface area contributed by atoms with Gasteiger partial charge in [0.15, 0.2) is 0 Å². The zero-order chi connectivity index (χ0) is 30.4. The van der Waals surface area contributed by atoms with Gasteiger partial charge in [-0.3, -0.25) is 9.59 Å². The first-order valence-corrected chi connectivity index (χ1v) is 14.7. The van der Waals surface area contributed by atoms with Gasteiger partial charge in [-0.15, -0.1) is 0 Å². The van der Waals surface area contributed by atoms with E-state index in [9.17, 15) is 19.8 Å². The van der Waals surface area contributed by atoms with Crippen molar-refractivity contribution in [2.45, 2.75) is 129 Å². The number of aryl methyl sites for hydroxylation is 2. The number of hydrogen-bond acceptors (Lipinski definition) is 4. The van der Waals surface area contributed by atoms with E-state index in [1.54, 1.807) is 0 Å². The van der Waals surface area contributed by atoms with E-state index in [0.717, 1.165) is 71.9 Å². The van der Waals surface area contributed by atoms with Crippen LogP contribution in [0.5, 0.6) is 11.5 Å². The smallest absolute Gasteiger partial charge is 0.218 e. The van der Waals surface area contributed by atoms with Gasteiger partial charge in [-0.2, -0.15) is 0 Å². The Kier molecular flexibility index (Phi) is 11.3. The van der Waals surface area contributed by atoms with Crippen LogP contribution in [0.3, 0.4) is 0 Å². The lowest BCUT2D eigenvalue weighted by molar-refractivity contribution is -0.119. The number of phenolic OH excluding ortho intramolecular Hbond substituents is 2. The molecule has 222 valence electrons. The Morgan fingerprint density at radius 3 is 1.25 bits per heavy atom. The largest absolute Gasteiger partial charge is 0.507 e. The third kappa shape index (κ3) is 9.28. The molecule has 2 atom stereocenters. The molecule has 6 nitrogen and oxygen atoms in total. The van der Waals surface area contributed by atoms with Crippen molar-refractivity contribution in [3.05, 3.63) is 57.6 Å². The molecule has 0 saturated heterocycles. The fourth-order valence-electron chi connectivity index (χ4n) is 5.62. The Balaban J connectivity index is 2.07. The molecule has 6 N–H and O–H groups in total. The van der Waals surface area contributed by atoms with E-state index in [1.165, 1.54) is 0 Å². The van der Waals surface area contributed by atoms with E-state index in [1.807, 2.05) is 38.1 Å². The van der Waals surface area contributed by atoms with Crippen LogP contribution in [0.1, 0.15) is 138 Å². The number of hydrogen-bond donors (Lipinski definition) is 4. The van der Waals surface area contributed by atoms with Crippen LogP contribution in [0, 0.1) is 13.8 Å². The number of nitrogens with two attached hydrogens (primary N) is 2. The van der Waals surface area contributed by atoms with Crippen LogP contribution in [-0.4, -0.2) is 22.0 Å². The number of amides is 2. The van der Waals surface area contributed by atoms with Gasteiger partial charge >= 0.3 is 0 Å². The van der Waals surface area contributed by atoms with Crippen molar-refractivity contribution in [3.63, 3.8) is 0 Å². The lowest BCUT2D eigenvalue weighted by atomic mass is 9.80. The number of primary amides is 2. The molecule has 0 aromatic heterocycles. The van der Waals surface area contributed by atoms with Gasteiger partial charge in [0.2, 0.25) is 11.8 Å². The van der Waals surface area contributed by atoms with E-state index in [-0.39, 0.29) is 47.3 Å². The van der Waals surface area contributed by atoms with Gasteiger partial charge in [-0.25, -0.2) is 0 Å². The number of carbonyl (C=O) groups excluding carboxylic acids is 2. The molecule has 6 heteroatoms. The van der Waals surface area contributed by atoms with E-state index in [2.05, 4.69) is 41.5 Å². The molecule has 0 heterocycles. The van der Waals surface area contributed by atoms with Crippen LogP contribution in [0.4, 0.5) is 0 Å². The molecule has 2 unspecified atom stereocenters. The number of unbranched alkanes of at least 4 members (excludes halogenated alkanes) is 3. The number of carbonyl (C=O) groups is 2. The predicted octanol–water partition coefficient (Wildman–Crippen LogP) is 7.27. The van der Waals surface area contributed by atoms with E-state index >= 15 is 0 Å². The molecule has 0 radical (unpaired) electrons. The second-order valence-electron chi connectivity index (χ2n) is 13.7. The maximum Gasteiger partial charge on any atom is 0.218 e. The highest BCUT2D eigenvalue weighted by atomic mass is 16.3. The van der Waals surface area contributed by atoms with Crippen LogP contribution in [0.2, 0.25) is 0 Å². The Bertz CT molecular complexity index is 1090. The molecule has 2 amide bonds. The van der Waals surface area contributed by atoms with Crippen molar-refractivity contribution >= 4 is 11.8 Å². The van der Waals surface area contributed by atoms with Gasteiger partial charge in [0.1, 0.15) is 11.5 Å². The first kappa shape index (κ1) is 33.2. The van der Waals surface area contributed by atoms with Crippen molar-refractivity contribution < 1.29 is 19.8 Å². The van der Waals surface area contributed by atoms with Crippen LogP contribution in [0.25, 0.3) is 0 Å². The van der Waals surface area contributed by atoms with Gasteiger partial charge in [0.05, 0.1) is 0 Å². The van der Waals surface area contributed by atoms with Crippen molar-refractivity contribution in [1.82, 2.24) is 0 Å². The summed E-state index contributed by atoms with van der Waals surface area (Å²) in [5, 5.41) is 21.3. The summed E-state index contributed by atoms with van der Waals surface area (Å²) in [5.74, 6) is 0.0194. The summed E-state index contributed by atoms with van der Waals surface area (Å²) in [4.78, 5) is 23.8. The first-order valence-electron chi connectivity index (χ1n) is 14.7. The number of benzene rings is 2. The molecule has 40 heavy (non-hydrogen) atoms. The van der Waals surface area contributed by atoms with Crippen LogP contribution < -0.4 is 11.5 Å². The highest BCUT2D eigenvalue weighted by Crippen LogP contribution is 2.39. The van der Waals surface area contributed by atoms with E-state index in [0.29, 0.717) is 11.5 Å². The van der Waals surface area contributed by atoms with E-state index < -0.39 is 0 Å². The number of rotatable bonds is 13. The van der Waals surface area contributed by atoms with Crippen LogP contribution in [-0.2, 0) is 20.4 Å². The van der Waals surface area contributed by atoms with Crippen molar-refractivity contribution in [3.8, 4) is 11.5 Å². The third-order valence-electron chi connectivity index (χ3n) is 7.95. The van der Waals surface area contributed by atoms with Crippen molar-refractivity contribution in [1.29, 1.82) is 0 Å². The molecule has 0 aliphatic heterocycles. The minimum Gasteiger partial charge on any atom is -0.507 e. The highest BCUT2D eigenvalue weighted by Gasteiger charge is 2.25. The number of aromatic hydroxyl groups is 2. The lowest BCUT2D eigenvalue weighted by Crippen LogP contribution is -2.17. The minimum atomic E-state index is -0.318. The fraction of sp³-hybridized carbons (Fsp3) is 0.588. The summed E-state index contributed by atoms with van der Waals surface area (Å²) in [7, 11) is 0. The first-order chi connectivity index (χ1) is 18.4. The molecule has 2 aromatic rings. The maximum absolute atomic E-state index is 11.9. The molecular weight excluding hydrogens is 500 g/mol. The standard InChI is InChI=1S/C34H52N2O4/c1-21-15-25(17-27(31(21)39)33(3,4)5)23(19-29(35)37)13-11-9-10-12-14-24(20-30(36)38)26-16-22(2)32(40)28(18-26)34(6,7)8/h15-18,23-24,39-40H,9-14,19-20H2,1-8H3,(H2,35,37)(H2,36,38). The van der Waals surface area contributed by atoms with Gasteiger partial charge in [-0.05, 0) is 82.7 Å². The molecule has 2 rings (SSSR count). The van der Waals surface area contributed by atoms with Crippen LogP contribution in [0.15, 0.2) is 24.3 Å². The molecule has 0 aliphatic rings. The van der Waals surface area contributed by atoms with Gasteiger partial charge < -0.3 is 21.7 Å². The predicted molar refractivity (Wildman–Crippen MR) is 164 cm³/mol. The SMILES string of the molecule is Cc1cc(C(CCCCCCC(CC(N)=O)c2cc(C)c(O)c(C(C)(C)C)c2)CC(N)=O)cc(C(C)(C)C)c1O. The summed E-state index contributed by atoms with van der Waals surface area (Å²) < 4.78 is 0. The number of phenols is 2. The van der Waals surface area contributed by atoms with E-state index in [4.69, 9.17) is 11.5 Å². The Labute approximate surface area is 241 Å². The lowest BCUT2D eigenvalue weighted by Gasteiger charge is -2.25. The summed E-state index contributed by atoms with van der Waals surface area (Å²) in [6.45, 7) is 16.2. The van der Waals surface area contributed by atoms with Gasteiger partial charge in [0, 0.05) is 12.8 Å². The maximum atomic E-state index is 11.9. The monoisotopic (exact) mass is 552 g/mol. The minimum absolute atomic E-state index is 0.0105. The summed E-state index contributed by atoms with van der Waals surface area (Å²) in [6.07, 6.45) is 6.16. The zero-order valence-electron chi connectivity index (χ0n) is 26.0. The molecular formula is C34H52N2O4. The normalized spacial score (nSPS) is 13.7. The Morgan fingerprint density at radius 1 is 0.650 bits per heavy atom. The highest BCUT2D eigenvalue weighted by molar-refractivity contribution is 5.75. The second kappa shape index (κ2) is 13.6. The average Bonchev–Trinajstić information content (AvgIpc) is 2.81. The second-order valence-corrected chi connectivity index (χ2v) is 13.7. The summed E-state index contributed by atoms with van der Waals surface area (Å²) in [5.41, 5.74) is 16.3. The molecule has 2 aromatic carbocycles. The van der Waals surface area contributed by atoms with Gasteiger partial charge in [0.25, 0.3) is 0 Å². The Hall–Kier alpha value is -3.02. The van der Waals surface area contributed by atoms with Crippen molar-refractivity contribution in [2.75, 3.05) is 0 Å². The van der Waals surface area contributed by atoms with Gasteiger partial charge in [-0.1, -0.05) is 91.5 Å². The molecule has 0 fully saturated rings. The molecule has 0 aliphatic carbocycles. The summed E-state index contributed by atoms with van der Waals surface area (Å²) >= 11 is 0. The zero-order valence-corrected chi connectivity index (χ0v) is 26.0. The third-order valence-corrected chi connectivity index (χ3v) is 7.95. The molecule has 0 saturated carbocycles. The topological polar surface area (TPSA) is 127 Å².